The molecular weight excluding hydrogens is 757 g/mol. The van der Waals surface area contributed by atoms with E-state index in [2.05, 4.69) is 168 Å². The molecule has 0 N–H and O–H groups in total. The molecule has 0 aliphatic heterocycles. The monoisotopic (exact) mass is 790 g/mol. The van der Waals surface area contributed by atoms with E-state index in [1.54, 1.807) is 0 Å². The quantitative estimate of drug-likeness (QED) is 0.174. The Morgan fingerprint density at radius 1 is 0.355 bits per heavy atom. The van der Waals surface area contributed by atoms with E-state index in [9.17, 15) is 0 Å². The van der Waals surface area contributed by atoms with Crippen LogP contribution in [0.15, 0.2) is 211 Å². The largest absolute Gasteiger partial charge is 0.455 e. The van der Waals surface area contributed by atoms with E-state index in [0.717, 1.165) is 66.2 Å². The Kier molecular flexibility index (Phi) is 7.54. The molecule has 0 atom stereocenters. The lowest BCUT2D eigenvalue weighted by Crippen LogP contribution is -2.01. The highest BCUT2D eigenvalue weighted by molar-refractivity contribution is 6.22. The summed E-state index contributed by atoms with van der Waals surface area (Å²) in [5.41, 5.74) is 9.88. The maximum Gasteiger partial charge on any atom is 0.167 e. The zero-order valence-corrected chi connectivity index (χ0v) is 33.3. The van der Waals surface area contributed by atoms with Gasteiger partial charge in [0.25, 0.3) is 0 Å². The molecule has 5 heteroatoms. The first-order chi connectivity index (χ1) is 30.7. The van der Waals surface area contributed by atoms with Gasteiger partial charge in [0.05, 0.1) is 16.6 Å². The van der Waals surface area contributed by atoms with Gasteiger partial charge in [0.15, 0.2) is 17.5 Å². The summed E-state index contributed by atoms with van der Waals surface area (Å²) in [5.74, 6) is 1.76. The molecule has 0 bridgehead atoms. The van der Waals surface area contributed by atoms with E-state index in [1.165, 1.54) is 43.4 Å². The molecule has 288 valence electrons. The number of nitrogens with zero attached hydrogens (tertiary/aromatic N) is 4. The third-order valence-electron chi connectivity index (χ3n) is 12.4. The molecule has 0 radical (unpaired) electrons. The van der Waals surface area contributed by atoms with Gasteiger partial charge in [-0.15, -0.1) is 0 Å². The first-order valence-electron chi connectivity index (χ1n) is 20.9. The molecule has 0 fully saturated rings. The lowest BCUT2D eigenvalue weighted by molar-refractivity contribution is 0.670. The maximum atomic E-state index is 6.83. The minimum atomic E-state index is 0.555. The zero-order chi connectivity index (χ0) is 40.7. The molecule has 13 rings (SSSR count). The highest BCUT2D eigenvalue weighted by atomic mass is 16.3. The molecule has 13 aromatic rings. The number of furan rings is 1. The van der Waals surface area contributed by atoms with Gasteiger partial charge in [-0.05, 0) is 74.5 Å². The molecule has 0 spiro atoms. The molecule has 10 aromatic carbocycles. The standard InChI is InChI=1S/C57H34N4O/c1-3-14-35(15-4-1)42-21-11-12-23-46(42)56-58-55(37-17-5-2-6-18-37)59-57(60-56)48-25-13-24-47-52-43-30-28-41(32-40(43)27-31-51(52)62-54(47)48)61-50-34-39-20-8-7-19-38(39)33-49(50)45-29-26-36-16-9-10-22-44(36)53(45)61/h1-34H. The summed E-state index contributed by atoms with van der Waals surface area (Å²) in [6.07, 6.45) is 0. The van der Waals surface area contributed by atoms with Gasteiger partial charge in [0, 0.05) is 43.7 Å². The fourth-order valence-electron chi connectivity index (χ4n) is 9.54. The fourth-order valence-corrected chi connectivity index (χ4v) is 9.54. The number of para-hydroxylation sites is 1. The zero-order valence-electron chi connectivity index (χ0n) is 33.3. The summed E-state index contributed by atoms with van der Waals surface area (Å²) in [6, 6.07) is 72.7. The van der Waals surface area contributed by atoms with Crippen molar-refractivity contribution in [2.45, 2.75) is 0 Å². The summed E-state index contributed by atoms with van der Waals surface area (Å²) in [5, 5.41) is 11.7. The summed E-state index contributed by atoms with van der Waals surface area (Å²) in [6.45, 7) is 0. The minimum Gasteiger partial charge on any atom is -0.455 e. The topological polar surface area (TPSA) is 56.7 Å². The molecule has 0 unspecified atom stereocenters. The van der Waals surface area contributed by atoms with Crippen LogP contribution in [0.5, 0.6) is 0 Å². The molecule has 0 aliphatic rings. The molecule has 0 saturated carbocycles. The number of hydrogen-bond acceptors (Lipinski definition) is 4. The third-order valence-corrected chi connectivity index (χ3v) is 12.4. The first-order valence-corrected chi connectivity index (χ1v) is 20.9. The van der Waals surface area contributed by atoms with Crippen LogP contribution in [0.1, 0.15) is 0 Å². The van der Waals surface area contributed by atoms with Gasteiger partial charge >= 0.3 is 0 Å². The summed E-state index contributed by atoms with van der Waals surface area (Å²) < 4.78 is 9.28. The Bertz CT molecular complexity index is 3920. The van der Waals surface area contributed by atoms with Crippen molar-refractivity contribution >= 4 is 76.1 Å². The highest BCUT2D eigenvalue weighted by Gasteiger charge is 2.21. The van der Waals surface area contributed by atoms with Crippen LogP contribution in [0.4, 0.5) is 0 Å². The second kappa shape index (κ2) is 13.6. The number of fused-ring (bicyclic) bond motifs is 11. The summed E-state index contributed by atoms with van der Waals surface area (Å²) >= 11 is 0. The average molecular weight is 791 g/mol. The SMILES string of the molecule is c1ccc(-c2nc(-c3ccccc3-c3ccccc3)nc(-c3cccc4c3oc3ccc5cc(-n6c7cc8ccccc8cc7c7ccc8ccccc8c76)ccc5c34)n2)cc1. The highest BCUT2D eigenvalue weighted by Crippen LogP contribution is 2.42. The maximum absolute atomic E-state index is 6.83. The lowest BCUT2D eigenvalue weighted by Gasteiger charge is -2.12. The predicted octanol–water partition coefficient (Wildman–Crippen LogP) is 15.0. The van der Waals surface area contributed by atoms with Crippen molar-refractivity contribution < 1.29 is 4.42 Å². The Balaban J connectivity index is 1.01. The van der Waals surface area contributed by atoms with E-state index in [1.807, 2.05) is 42.5 Å². The van der Waals surface area contributed by atoms with Crippen LogP contribution >= 0.6 is 0 Å². The van der Waals surface area contributed by atoms with Crippen LogP contribution < -0.4 is 0 Å². The average Bonchev–Trinajstić information content (AvgIpc) is 3.89. The van der Waals surface area contributed by atoms with Crippen LogP contribution in [0.3, 0.4) is 0 Å². The van der Waals surface area contributed by atoms with Crippen LogP contribution in [0, 0.1) is 0 Å². The van der Waals surface area contributed by atoms with E-state index in [4.69, 9.17) is 19.4 Å². The fraction of sp³-hybridized carbons (Fsp3) is 0. The normalized spacial score (nSPS) is 11.9. The number of benzene rings is 10. The van der Waals surface area contributed by atoms with Crippen LogP contribution in [0.2, 0.25) is 0 Å². The molecule has 3 heterocycles. The van der Waals surface area contributed by atoms with E-state index >= 15 is 0 Å². The third kappa shape index (κ3) is 5.32. The molecular formula is C57H34N4O. The minimum absolute atomic E-state index is 0.555. The van der Waals surface area contributed by atoms with Gasteiger partial charge in [-0.3, -0.25) is 0 Å². The smallest absolute Gasteiger partial charge is 0.167 e. The van der Waals surface area contributed by atoms with Crippen molar-refractivity contribution in [2.75, 3.05) is 0 Å². The van der Waals surface area contributed by atoms with Gasteiger partial charge in [0.1, 0.15) is 11.2 Å². The first kappa shape index (κ1) is 34.5. The van der Waals surface area contributed by atoms with E-state index in [0.29, 0.717) is 17.5 Å². The lowest BCUT2D eigenvalue weighted by atomic mass is 9.99. The van der Waals surface area contributed by atoms with Crippen molar-refractivity contribution in [2.24, 2.45) is 0 Å². The second-order valence-corrected chi connectivity index (χ2v) is 15.9. The van der Waals surface area contributed by atoms with Crippen molar-refractivity contribution in [1.82, 2.24) is 19.5 Å². The summed E-state index contributed by atoms with van der Waals surface area (Å²) in [7, 11) is 0. The molecule has 3 aromatic heterocycles. The van der Waals surface area contributed by atoms with Crippen molar-refractivity contribution in [3.63, 3.8) is 0 Å². The Morgan fingerprint density at radius 2 is 0.968 bits per heavy atom. The van der Waals surface area contributed by atoms with Gasteiger partial charge in [-0.1, -0.05) is 170 Å². The molecule has 0 saturated heterocycles. The second-order valence-electron chi connectivity index (χ2n) is 15.9. The molecule has 0 amide bonds. The van der Waals surface area contributed by atoms with Crippen molar-refractivity contribution in [3.05, 3.63) is 206 Å². The van der Waals surface area contributed by atoms with Crippen molar-refractivity contribution in [1.29, 1.82) is 0 Å². The van der Waals surface area contributed by atoms with Crippen LogP contribution in [0.25, 0.3) is 127 Å². The van der Waals surface area contributed by atoms with Gasteiger partial charge in [-0.25, -0.2) is 15.0 Å². The number of aromatic nitrogens is 4. The molecule has 0 aliphatic carbocycles. The number of hydrogen-bond donors (Lipinski definition) is 0. The molecule has 62 heavy (non-hydrogen) atoms. The van der Waals surface area contributed by atoms with E-state index < -0.39 is 0 Å². The Morgan fingerprint density at radius 3 is 1.79 bits per heavy atom. The van der Waals surface area contributed by atoms with Crippen molar-refractivity contribution in [3.8, 4) is 51.0 Å². The van der Waals surface area contributed by atoms with Gasteiger partial charge < -0.3 is 8.98 Å². The summed E-state index contributed by atoms with van der Waals surface area (Å²) in [4.78, 5) is 15.4. The van der Waals surface area contributed by atoms with Gasteiger partial charge in [0.2, 0.25) is 0 Å². The van der Waals surface area contributed by atoms with E-state index in [-0.39, 0.29) is 0 Å². The Labute approximate surface area is 355 Å². The van der Waals surface area contributed by atoms with Gasteiger partial charge in [-0.2, -0.15) is 0 Å². The predicted molar refractivity (Wildman–Crippen MR) is 256 cm³/mol. The van der Waals surface area contributed by atoms with Crippen LogP contribution in [-0.4, -0.2) is 19.5 Å². The Hall–Kier alpha value is -8.41. The van der Waals surface area contributed by atoms with Crippen LogP contribution in [-0.2, 0) is 0 Å². The molecule has 5 nitrogen and oxygen atoms in total. The number of rotatable bonds is 5.